The van der Waals surface area contributed by atoms with Gasteiger partial charge in [-0.1, -0.05) is 0 Å². The van der Waals surface area contributed by atoms with E-state index in [-0.39, 0.29) is 5.56 Å². The van der Waals surface area contributed by atoms with Crippen molar-refractivity contribution in [1.29, 1.82) is 0 Å². The van der Waals surface area contributed by atoms with Gasteiger partial charge in [-0.05, 0) is 24.3 Å². The first kappa shape index (κ1) is 13.8. The van der Waals surface area contributed by atoms with Crippen LogP contribution in [0.3, 0.4) is 0 Å². The highest BCUT2D eigenvalue weighted by atomic mass is 19.4. The summed E-state index contributed by atoms with van der Waals surface area (Å²) in [6.45, 7) is 0.411. The van der Waals surface area contributed by atoms with Crippen molar-refractivity contribution in [2.24, 2.45) is 5.84 Å². The molecule has 0 amide bonds. The van der Waals surface area contributed by atoms with Crippen LogP contribution < -0.4 is 11.3 Å². The molecule has 0 fully saturated rings. The molecule has 3 N–H and O–H groups in total. The average Bonchev–Trinajstić information content (AvgIpc) is 2.84. The van der Waals surface area contributed by atoms with Crippen molar-refractivity contribution in [1.82, 2.24) is 5.43 Å². The molecule has 7 heteroatoms. The molecule has 1 aliphatic rings. The molecule has 19 heavy (non-hydrogen) atoms. The summed E-state index contributed by atoms with van der Waals surface area (Å²) < 4.78 is 56.8. The topological polar surface area (TPSA) is 47.3 Å². The summed E-state index contributed by atoms with van der Waals surface area (Å²) in [5, 5.41) is 0. The van der Waals surface area contributed by atoms with Crippen LogP contribution in [0.25, 0.3) is 0 Å². The summed E-state index contributed by atoms with van der Waals surface area (Å²) in [5.74, 6) is 4.86. The van der Waals surface area contributed by atoms with E-state index in [2.05, 4.69) is 5.43 Å². The van der Waals surface area contributed by atoms with E-state index >= 15 is 0 Å². The molecular weight excluding hydrogens is 264 g/mol. The van der Waals surface area contributed by atoms with Gasteiger partial charge in [0, 0.05) is 12.0 Å². The predicted octanol–water partition coefficient (Wildman–Crippen LogP) is 2.65. The minimum Gasteiger partial charge on any atom is -0.496 e. The minimum absolute atomic E-state index is 0.189. The fourth-order valence-electron chi connectivity index (χ4n) is 1.90. The summed E-state index contributed by atoms with van der Waals surface area (Å²) in [5.41, 5.74) is 1.16. The Kier molecular flexibility index (Phi) is 3.77. The fourth-order valence-corrected chi connectivity index (χ4v) is 1.90. The molecule has 0 saturated heterocycles. The van der Waals surface area contributed by atoms with Crippen molar-refractivity contribution in [2.45, 2.75) is 18.6 Å². The van der Waals surface area contributed by atoms with Gasteiger partial charge in [0.05, 0.1) is 12.2 Å². The lowest BCUT2D eigenvalue weighted by Crippen LogP contribution is -2.30. The Morgan fingerprint density at radius 1 is 1.32 bits per heavy atom. The second-order valence-electron chi connectivity index (χ2n) is 4.08. The lowest BCUT2D eigenvalue weighted by Gasteiger charge is -2.19. The van der Waals surface area contributed by atoms with Crippen molar-refractivity contribution >= 4 is 0 Å². The van der Waals surface area contributed by atoms with Crippen LogP contribution in [-0.2, 0) is 10.9 Å². The maximum absolute atomic E-state index is 13.7. The normalized spacial score (nSPS) is 17.0. The molecule has 0 saturated carbocycles. The van der Waals surface area contributed by atoms with Crippen molar-refractivity contribution < 1.29 is 22.3 Å². The first-order valence-corrected chi connectivity index (χ1v) is 5.59. The highest BCUT2D eigenvalue weighted by Gasteiger charge is 2.33. The number of nitrogens with two attached hydrogens (primary N) is 1. The second kappa shape index (κ2) is 5.18. The highest BCUT2D eigenvalue weighted by molar-refractivity contribution is 5.33. The van der Waals surface area contributed by atoms with Gasteiger partial charge in [-0.2, -0.15) is 13.2 Å². The molecule has 1 heterocycles. The van der Waals surface area contributed by atoms with Crippen LogP contribution in [0.2, 0.25) is 0 Å². The molecule has 0 spiro atoms. The van der Waals surface area contributed by atoms with E-state index in [0.29, 0.717) is 24.9 Å². The third-order valence-electron chi connectivity index (χ3n) is 2.82. The summed E-state index contributed by atoms with van der Waals surface area (Å²) in [6, 6.07) is 1.28. The van der Waals surface area contributed by atoms with Gasteiger partial charge in [0.25, 0.3) is 0 Å². The molecule has 0 aromatic heterocycles. The molecule has 2 rings (SSSR count). The van der Waals surface area contributed by atoms with Gasteiger partial charge >= 0.3 is 6.18 Å². The smallest absolute Gasteiger partial charge is 0.416 e. The van der Waals surface area contributed by atoms with Gasteiger partial charge in [-0.3, -0.25) is 5.84 Å². The lowest BCUT2D eigenvalue weighted by molar-refractivity contribution is -0.137. The van der Waals surface area contributed by atoms with E-state index in [4.69, 9.17) is 10.6 Å². The highest BCUT2D eigenvalue weighted by Crippen LogP contribution is 2.34. The molecule has 0 radical (unpaired) electrons. The van der Waals surface area contributed by atoms with E-state index in [0.717, 1.165) is 12.1 Å². The van der Waals surface area contributed by atoms with Gasteiger partial charge in [-0.15, -0.1) is 0 Å². The quantitative estimate of drug-likeness (QED) is 0.507. The zero-order valence-corrected chi connectivity index (χ0v) is 9.80. The van der Waals surface area contributed by atoms with Crippen LogP contribution in [0, 0.1) is 5.82 Å². The Bertz CT molecular complexity index is 499. The number of halogens is 4. The van der Waals surface area contributed by atoms with Crippen LogP contribution >= 0.6 is 0 Å². The summed E-state index contributed by atoms with van der Waals surface area (Å²) >= 11 is 0. The van der Waals surface area contributed by atoms with Crippen LogP contribution in [0.1, 0.15) is 23.6 Å². The number of benzene rings is 1. The van der Waals surface area contributed by atoms with E-state index in [1.165, 1.54) is 0 Å². The standard InChI is InChI=1S/C12H12F4N2O/c13-9-4-3-7(12(14,15)16)6-8(9)11(18-17)10-2-1-5-19-10/h2-4,6,11,18H,1,5,17H2. The predicted molar refractivity (Wildman–Crippen MR) is 60.1 cm³/mol. The van der Waals surface area contributed by atoms with Crippen molar-refractivity contribution in [3.8, 4) is 0 Å². The van der Waals surface area contributed by atoms with Crippen molar-refractivity contribution in [3.05, 3.63) is 47.0 Å². The van der Waals surface area contributed by atoms with Gasteiger partial charge in [0.15, 0.2) is 0 Å². The number of ether oxygens (including phenoxy) is 1. The molecule has 104 valence electrons. The number of nitrogens with one attached hydrogen (secondary N) is 1. The Morgan fingerprint density at radius 3 is 2.58 bits per heavy atom. The first-order valence-electron chi connectivity index (χ1n) is 5.59. The largest absolute Gasteiger partial charge is 0.496 e. The van der Waals surface area contributed by atoms with Crippen LogP contribution in [-0.4, -0.2) is 6.61 Å². The van der Waals surface area contributed by atoms with Crippen LogP contribution in [0.5, 0.6) is 0 Å². The maximum Gasteiger partial charge on any atom is 0.416 e. The van der Waals surface area contributed by atoms with E-state index in [9.17, 15) is 17.6 Å². The third-order valence-corrected chi connectivity index (χ3v) is 2.82. The second-order valence-corrected chi connectivity index (χ2v) is 4.08. The van der Waals surface area contributed by atoms with Gasteiger partial charge in [0.2, 0.25) is 0 Å². The molecule has 1 atom stereocenters. The fraction of sp³-hybridized carbons (Fsp3) is 0.333. The Labute approximate surface area is 107 Å². The molecular formula is C12H12F4N2O. The number of hydrogen-bond acceptors (Lipinski definition) is 3. The van der Waals surface area contributed by atoms with Gasteiger partial charge in [0.1, 0.15) is 17.6 Å². The van der Waals surface area contributed by atoms with Crippen LogP contribution in [0.15, 0.2) is 30.0 Å². The number of rotatable bonds is 3. The number of hydrazine groups is 1. The number of hydrogen-bond donors (Lipinski definition) is 2. The molecule has 1 aliphatic heterocycles. The lowest BCUT2D eigenvalue weighted by atomic mass is 10.0. The first-order chi connectivity index (χ1) is 8.93. The third kappa shape index (κ3) is 2.87. The Balaban J connectivity index is 2.41. The summed E-state index contributed by atoms with van der Waals surface area (Å²) in [4.78, 5) is 0. The molecule has 0 bridgehead atoms. The minimum atomic E-state index is -4.54. The maximum atomic E-state index is 13.7. The van der Waals surface area contributed by atoms with Gasteiger partial charge < -0.3 is 4.74 Å². The van der Waals surface area contributed by atoms with Crippen LogP contribution in [0.4, 0.5) is 17.6 Å². The molecule has 1 unspecified atom stereocenters. The van der Waals surface area contributed by atoms with E-state index in [1.54, 1.807) is 6.08 Å². The molecule has 1 aromatic carbocycles. The van der Waals surface area contributed by atoms with Gasteiger partial charge in [-0.25, -0.2) is 9.82 Å². The van der Waals surface area contributed by atoms with Crippen molar-refractivity contribution in [2.75, 3.05) is 6.61 Å². The van der Waals surface area contributed by atoms with E-state index in [1.807, 2.05) is 0 Å². The summed E-state index contributed by atoms with van der Waals surface area (Å²) in [6.07, 6.45) is -2.25. The Morgan fingerprint density at radius 2 is 2.05 bits per heavy atom. The van der Waals surface area contributed by atoms with Crippen molar-refractivity contribution in [3.63, 3.8) is 0 Å². The average molecular weight is 276 g/mol. The SMILES string of the molecule is NNC(C1=CCCO1)c1cc(C(F)(F)F)ccc1F. The molecule has 1 aromatic rings. The monoisotopic (exact) mass is 276 g/mol. The molecule has 3 nitrogen and oxygen atoms in total. The Hall–Kier alpha value is -1.60. The summed E-state index contributed by atoms with van der Waals surface area (Å²) in [7, 11) is 0. The van der Waals surface area contributed by atoms with E-state index < -0.39 is 23.6 Å². The zero-order chi connectivity index (χ0) is 14.0. The number of alkyl halides is 3. The zero-order valence-electron chi connectivity index (χ0n) is 9.80. The molecule has 0 aliphatic carbocycles.